The van der Waals surface area contributed by atoms with Crippen molar-refractivity contribution in [2.75, 3.05) is 26.6 Å². The number of carbonyl (C=O) groups excluding carboxylic acids is 1. The van der Waals surface area contributed by atoms with Gasteiger partial charge >= 0.3 is 5.69 Å². The smallest absolute Gasteiger partial charge is 0.328 e. The largest absolute Gasteiger partial charge is 0.493 e. The predicted molar refractivity (Wildman–Crippen MR) is 123 cm³/mol. The minimum atomic E-state index is -0.329. The van der Waals surface area contributed by atoms with Crippen LogP contribution in [-0.4, -0.2) is 41.6 Å². The standard InChI is InChI=1S/C22H27N3O5S/c1-12(2)31-19-11-16-15(24(3)22(27)25(16)4)10-14(19)23-21(26)13-8-17(28-5)20(30-7)18(9-13)29-6/h8-12H,1-7H3,(H,23,26). The number of hydrogen-bond donors (Lipinski definition) is 1. The van der Waals surface area contributed by atoms with Crippen LogP contribution < -0.4 is 25.2 Å². The van der Waals surface area contributed by atoms with Crippen LogP contribution in [0.1, 0.15) is 24.2 Å². The van der Waals surface area contributed by atoms with Gasteiger partial charge in [-0.15, -0.1) is 11.8 Å². The fourth-order valence-electron chi connectivity index (χ4n) is 3.38. The number of nitrogens with one attached hydrogen (secondary N) is 1. The zero-order valence-electron chi connectivity index (χ0n) is 18.7. The van der Waals surface area contributed by atoms with Crippen LogP contribution in [0.4, 0.5) is 5.69 Å². The maximum absolute atomic E-state index is 13.1. The van der Waals surface area contributed by atoms with Crippen LogP contribution >= 0.6 is 11.8 Å². The lowest BCUT2D eigenvalue weighted by atomic mass is 10.1. The van der Waals surface area contributed by atoms with Gasteiger partial charge in [-0.1, -0.05) is 13.8 Å². The van der Waals surface area contributed by atoms with Crippen LogP contribution in [0.2, 0.25) is 0 Å². The molecule has 2 aromatic carbocycles. The van der Waals surface area contributed by atoms with E-state index in [-0.39, 0.29) is 16.8 Å². The number of amides is 1. The highest BCUT2D eigenvalue weighted by atomic mass is 32.2. The minimum Gasteiger partial charge on any atom is -0.493 e. The molecule has 31 heavy (non-hydrogen) atoms. The summed E-state index contributed by atoms with van der Waals surface area (Å²) in [5, 5.41) is 3.27. The molecule has 0 spiro atoms. The molecule has 0 aliphatic rings. The fraction of sp³-hybridized carbons (Fsp3) is 0.364. The van der Waals surface area contributed by atoms with E-state index in [1.54, 1.807) is 47.1 Å². The fourth-order valence-corrected chi connectivity index (χ4v) is 4.31. The number of rotatable bonds is 7. The Labute approximate surface area is 185 Å². The third-order valence-corrected chi connectivity index (χ3v) is 5.97. The normalized spacial score (nSPS) is 11.1. The number of benzene rings is 2. The van der Waals surface area contributed by atoms with E-state index >= 15 is 0 Å². The van der Waals surface area contributed by atoms with Gasteiger partial charge in [0.2, 0.25) is 5.75 Å². The molecule has 3 aromatic rings. The zero-order chi connectivity index (χ0) is 22.9. The second-order valence-corrected chi connectivity index (χ2v) is 8.89. The number of aromatic nitrogens is 2. The Morgan fingerprint density at radius 3 is 1.97 bits per heavy atom. The molecule has 0 fully saturated rings. The monoisotopic (exact) mass is 445 g/mol. The first-order valence-corrected chi connectivity index (χ1v) is 10.6. The maximum atomic E-state index is 13.1. The molecule has 1 amide bonds. The van der Waals surface area contributed by atoms with Crippen molar-refractivity contribution in [3.8, 4) is 17.2 Å². The molecule has 1 N–H and O–H groups in total. The summed E-state index contributed by atoms with van der Waals surface area (Å²) in [6, 6.07) is 6.97. The first kappa shape index (κ1) is 22.6. The number of aryl methyl sites for hydroxylation is 2. The number of ether oxygens (including phenoxy) is 3. The van der Waals surface area contributed by atoms with Gasteiger partial charge in [0.05, 0.1) is 38.1 Å². The second-order valence-electron chi connectivity index (χ2n) is 7.27. The molecular weight excluding hydrogens is 418 g/mol. The summed E-state index contributed by atoms with van der Waals surface area (Å²) in [5.41, 5.74) is 2.41. The van der Waals surface area contributed by atoms with Crippen molar-refractivity contribution in [2.24, 2.45) is 14.1 Å². The molecule has 0 bridgehead atoms. The number of imidazole rings is 1. The van der Waals surface area contributed by atoms with Gasteiger partial charge in [0.25, 0.3) is 5.91 Å². The van der Waals surface area contributed by atoms with Gasteiger partial charge in [-0.25, -0.2) is 4.79 Å². The molecule has 0 saturated carbocycles. The Morgan fingerprint density at radius 1 is 0.935 bits per heavy atom. The molecule has 0 saturated heterocycles. The van der Waals surface area contributed by atoms with Crippen molar-refractivity contribution in [2.45, 2.75) is 24.0 Å². The summed E-state index contributed by atoms with van der Waals surface area (Å²) in [6.07, 6.45) is 0. The van der Waals surface area contributed by atoms with Crippen LogP contribution in [0.25, 0.3) is 11.0 Å². The third-order valence-electron chi connectivity index (χ3n) is 4.91. The topological polar surface area (TPSA) is 83.7 Å². The Balaban J connectivity index is 2.09. The lowest BCUT2D eigenvalue weighted by Crippen LogP contribution is -2.19. The van der Waals surface area contributed by atoms with Crippen molar-refractivity contribution in [1.29, 1.82) is 0 Å². The van der Waals surface area contributed by atoms with E-state index in [0.29, 0.717) is 28.5 Å². The van der Waals surface area contributed by atoms with Crippen molar-refractivity contribution < 1.29 is 19.0 Å². The van der Waals surface area contributed by atoms with Crippen molar-refractivity contribution in [1.82, 2.24) is 9.13 Å². The van der Waals surface area contributed by atoms with Crippen LogP contribution in [0.5, 0.6) is 17.2 Å². The number of hydrogen-bond acceptors (Lipinski definition) is 6. The molecule has 9 heteroatoms. The molecule has 0 aliphatic carbocycles. The average molecular weight is 446 g/mol. The zero-order valence-corrected chi connectivity index (χ0v) is 19.5. The summed E-state index contributed by atoms with van der Waals surface area (Å²) < 4.78 is 19.2. The summed E-state index contributed by atoms with van der Waals surface area (Å²) >= 11 is 1.61. The van der Waals surface area contributed by atoms with E-state index in [1.807, 2.05) is 12.1 Å². The summed E-state index contributed by atoms with van der Waals surface area (Å²) in [4.78, 5) is 26.4. The van der Waals surface area contributed by atoms with E-state index in [0.717, 1.165) is 15.9 Å². The number of fused-ring (bicyclic) bond motifs is 1. The molecule has 0 aliphatic heterocycles. The van der Waals surface area contributed by atoms with Gasteiger partial charge in [-0.2, -0.15) is 0 Å². The highest BCUT2D eigenvalue weighted by Gasteiger charge is 2.20. The van der Waals surface area contributed by atoms with Crippen LogP contribution in [0, 0.1) is 0 Å². The second kappa shape index (κ2) is 8.97. The Morgan fingerprint density at radius 2 is 1.48 bits per heavy atom. The number of thioether (sulfide) groups is 1. The van der Waals surface area contributed by atoms with Gasteiger partial charge in [0, 0.05) is 29.8 Å². The highest BCUT2D eigenvalue weighted by molar-refractivity contribution is 8.00. The molecule has 0 atom stereocenters. The SMILES string of the molecule is COc1cc(C(=O)Nc2cc3c(cc2SC(C)C)n(C)c(=O)n3C)cc(OC)c1OC. The molecule has 0 radical (unpaired) electrons. The molecule has 166 valence electrons. The van der Waals surface area contributed by atoms with Crippen molar-refractivity contribution in [3.05, 3.63) is 40.3 Å². The van der Waals surface area contributed by atoms with E-state index < -0.39 is 0 Å². The van der Waals surface area contributed by atoms with Crippen molar-refractivity contribution in [3.63, 3.8) is 0 Å². The summed E-state index contributed by atoms with van der Waals surface area (Å²) in [5.74, 6) is 0.873. The van der Waals surface area contributed by atoms with Gasteiger partial charge in [0.1, 0.15) is 0 Å². The van der Waals surface area contributed by atoms with Crippen LogP contribution in [0.15, 0.2) is 34.0 Å². The Kier molecular flexibility index (Phi) is 6.54. The lowest BCUT2D eigenvalue weighted by Gasteiger charge is -2.16. The molecule has 1 aromatic heterocycles. The summed E-state index contributed by atoms with van der Waals surface area (Å²) in [7, 11) is 7.96. The first-order chi connectivity index (χ1) is 14.7. The van der Waals surface area contributed by atoms with Gasteiger partial charge in [-0.3, -0.25) is 13.9 Å². The van der Waals surface area contributed by atoms with Gasteiger partial charge in [-0.05, 0) is 24.3 Å². The summed E-state index contributed by atoms with van der Waals surface area (Å²) in [6.45, 7) is 4.15. The Hall–Kier alpha value is -3.07. The maximum Gasteiger partial charge on any atom is 0.328 e. The van der Waals surface area contributed by atoms with E-state index in [1.165, 1.54) is 21.3 Å². The molecule has 1 heterocycles. The Bertz CT molecular complexity index is 1170. The molecular formula is C22H27N3O5S. The average Bonchev–Trinajstić information content (AvgIpc) is 2.95. The predicted octanol–water partition coefficient (Wildman–Crippen LogP) is 3.66. The molecule has 0 unspecified atom stereocenters. The highest BCUT2D eigenvalue weighted by Crippen LogP contribution is 2.39. The van der Waals surface area contributed by atoms with E-state index in [9.17, 15) is 9.59 Å². The molecule has 8 nitrogen and oxygen atoms in total. The third kappa shape index (κ3) is 4.23. The quantitative estimate of drug-likeness (QED) is 0.559. The number of anilines is 1. The lowest BCUT2D eigenvalue weighted by molar-refractivity contribution is 0.102. The van der Waals surface area contributed by atoms with Crippen LogP contribution in [0.3, 0.4) is 0 Å². The van der Waals surface area contributed by atoms with E-state index in [2.05, 4.69) is 19.2 Å². The number of nitrogens with zero attached hydrogens (tertiary/aromatic N) is 2. The van der Waals surface area contributed by atoms with Gasteiger partial charge in [0.15, 0.2) is 11.5 Å². The number of methoxy groups -OCH3 is 3. The first-order valence-electron chi connectivity index (χ1n) is 9.69. The van der Waals surface area contributed by atoms with Crippen LogP contribution in [-0.2, 0) is 14.1 Å². The number of carbonyl (C=O) groups is 1. The van der Waals surface area contributed by atoms with Gasteiger partial charge < -0.3 is 19.5 Å². The molecule has 3 rings (SSSR count). The van der Waals surface area contributed by atoms with E-state index in [4.69, 9.17) is 14.2 Å². The minimum absolute atomic E-state index is 0.122. The van der Waals surface area contributed by atoms with Crippen molar-refractivity contribution >= 4 is 34.4 Å².